The van der Waals surface area contributed by atoms with E-state index in [1.807, 2.05) is 33.2 Å². The first-order valence-electron chi connectivity index (χ1n) is 11.9. The minimum absolute atomic E-state index is 0.109. The highest BCUT2D eigenvalue weighted by Gasteiger charge is 2.28. The number of benzene rings is 3. The fraction of sp³-hybridized carbons (Fsp3) is 0.286. The molecule has 0 saturated heterocycles. The van der Waals surface area contributed by atoms with Crippen LogP contribution in [-0.2, 0) is 16.0 Å². The molecule has 35 heavy (non-hydrogen) atoms. The molecule has 0 aliphatic carbocycles. The van der Waals surface area contributed by atoms with Crippen LogP contribution in [0.2, 0.25) is 0 Å². The number of anilines is 3. The van der Waals surface area contributed by atoms with Gasteiger partial charge >= 0.3 is 11.8 Å². The Labute approximate surface area is 206 Å². The SMILES string of the molecule is CCOc1ccccc1NC(=O)C(=O)NC[C@H](c1ccc(N(C)C)cc1)N1CCc2ccccc21. The van der Waals surface area contributed by atoms with E-state index in [0.717, 1.165) is 24.2 Å². The van der Waals surface area contributed by atoms with Crippen molar-refractivity contribution in [1.82, 2.24) is 5.32 Å². The van der Waals surface area contributed by atoms with Crippen LogP contribution in [0.25, 0.3) is 0 Å². The van der Waals surface area contributed by atoms with Crippen LogP contribution in [0, 0.1) is 0 Å². The molecule has 3 aromatic rings. The fourth-order valence-electron chi connectivity index (χ4n) is 4.39. The average molecular weight is 473 g/mol. The van der Waals surface area contributed by atoms with E-state index >= 15 is 0 Å². The molecular weight excluding hydrogens is 440 g/mol. The number of para-hydroxylation sites is 3. The number of carbonyl (C=O) groups is 2. The molecule has 0 spiro atoms. The van der Waals surface area contributed by atoms with Gasteiger partial charge in [-0.3, -0.25) is 9.59 Å². The summed E-state index contributed by atoms with van der Waals surface area (Å²) in [6.45, 7) is 3.48. The molecule has 0 radical (unpaired) electrons. The van der Waals surface area contributed by atoms with E-state index in [-0.39, 0.29) is 6.04 Å². The number of rotatable bonds is 8. The lowest BCUT2D eigenvalue weighted by Gasteiger charge is -2.31. The molecule has 1 aliphatic rings. The Balaban J connectivity index is 1.50. The summed E-state index contributed by atoms with van der Waals surface area (Å²) in [7, 11) is 4.01. The molecule has 2 amide bonds. The van der Waals surface area contributed by atoms with Gasteiger partial charge in [-0.25, -0.2) is 0 Å². The first kappa shape index (κ1) is 24.1. The predicted octanol–water partition coefficient (Wildman–Crippen LogP) is 4.01. The molecule has 7 heteroatoms. The zero-order valence-corrected chi connectivity index (χ0v) is 20.5. The van der Waals surface area contributed by atoms with Crippen LogP contribution in [-0.4, -0.2) is 45.6 Å². The monoisotopic (exact) mass is 472 g/mol. The zero-order valence-electron chi connectivity index (χ0n) is 20.5. The number of fused-ring (bicyclic) bond motifs is 1. The summed E-state index contributed by atoms with van der Waals surface area (Å²) < 4.78 is 5.54. The Bertz CT molecular complexity index is 1180. The second-order valence-corrected chi connectivity index (χ2v) is 8.67. The predicted molar refractivity (Wildman–Crippen MR) is 140 cm³/mol. The molecule has 182 valence electrons. The van der Waals surface area contributed by atoms with Crippen molar-refractivity contribution in [1.29, 1.82) is 0 Å². The van der Waals surface area contributed by atoms with Gasteiger partial charge < -0.3 is 25.2 Å². The van der Waals surface area contributed by atoms with Crippen LogP contribution in [0.15, 0.2) is 72.8 Å². The van der Waals surface area contributed by atoms with Crippen molar-refractivity contribution < 1.29 is 14.3 Å². The molecule has 0 bridgehead atoms. The Morgan fingerprint density at radius 2 is 1.69 bits per heavy atom. The number of nitrogens with zero attached hydrogens (tertiary/aromatic N) is 2. The van der Waals surface area contributed by atoms with Gasteiger partial charge in [-0.05, 0) is 54.8 Å². The van der Waals surface area contributed by atoms with Crippen molar-refractivity contribution in [3.05, 3.63) is 83.9 Å². The third kappa shape index (κ3) is 5.57. The number of ether oxygens (including phenoxy) is 1. The van der Waals surface area contributed by atoms with Gasteiger partial charge in [-0.15, -0.1) is 0 Å². The van der Waals surface area contributed by atoms with Crippen LogP contribution < -0.4 is 25.2 Å². The normalized spacial score (nSPS) is 13.1. The molecule has 4 rings (SSSR count). The third-order valence-corrected chi connectivity index (χ3v) is 6.19. The van der Waals surface area contributed by atoms with Crippen molar-refractivity contribution in [3.63, 3.8) is 0 Å². The molecule has 3 aromatic carbocycles. The van der Waals surface area contributed by atoms with Gasteiger partial charge in [0.1, 0.15) is 5.75 Å². The van der Waals surface area contributed by atoms with Crippen molar-refractivity contribution >= 4 is 28.9 Å². The minimum atomic E-state index is -0.722. The van der Waals surface area contributed by atoms with Gasteiger partial charge in [0.25, 0.3) is 0 Å². The summed E-state index contributed by atoms with van der Waals surface area (Å²) in [5.41, 5.74) is 5.11. The Morgan fingerprint density at radius 1 is 0.971 bits per heavy atom. The summed E-state index contributed by atoms with van der Waals surface area (Å²) in [6.07, 6.45) is 0.950. The number of nitrogens with one attached hydrogen (secondary N) is 2. The quantitative estimate of drug-likeness (QED) is 0.485. The molecule has 1 aliphatic heterocycles. The summed E-state index contributed by atoms with van der Waals surface area (Å²) >= 11 is 0. The Morgan fingerprint density at radius 3 is 2.43 bits per heavy atom. The Kier molecular flexibility index (Phi) is 7.55. The van der Waals surface area contributed by atoms with Gasteiger partial charge in [-0.2, -0.15) is 0 Å². The largest absolute Gasteiger partial charge is 0.492 e. The molecule has 0 fully saturated rings. The highest BCUT2D eigenvalue weighted by molar-refractivity contribution is 6.39. The van der Waals surface area contributed by atoms with Crippen LogP contribution >= 0.6 is 0 Å². The number of carbonyl (C=O) groups excluding carboxylic acids is 2. The van der Waals surface area contributed by atoms with E-state index in [1.54, 1.807) is 18.2 Å². The topological polar surface area (TPSA) is 73.9 Å². The van der Waals surface area contributed by atoms with Gasteiger partial charge in [0.15, 0.2) is 0 Å². The lowest BCUT2D eigenvalue weighted by molar-refractivity contribution is -0.136. The molecule has 1 heterocycles. The summed E-state index contributed by atoms with van der Waals surface area (Å²) in [4.78, 5) is 29.8. The molecular formula is C28H32N4O3. The number of amides is 2. The van der Waals surface area contributed by atoms with E-state index in [4.69, 9.17) is 4.74 Å². The maximum Gasteiger partial charge on any atom is 0.313 e. The lowest BCUT2D eigenvalue weighted by atomic mass is 10.0. The van der Waals surface area contributed by atoms with E-state index < -0.39 is 11.8 Å². The highest BCUT2D eigenvalue weighted by atomic mass is 16.5. The second-order valence-electron chi connectivity index (χ2n) is 8.67. The summed E-state index contributed by atoms with van der Waals surface area (Å²) in [5, 5.41) is 5.52. The zero-order chi connectivity index (χ0) is 24.8. The first-order valence-corrected chi connectivity index (χ1v) is 11.9. The van der Waals surface area contributed by atoms with Gasteiger partial charge in [-0.1, -0.05) is 42.5 Å². The first-order chi connectivity index (χ1) is 17.0. The standard InChI is InChI=1S/C28H32N4O3/c1-4-35-26-12-8-6-10-23(26)30-28(34)27(33)29-19-25(21-13-15-22(16-14-21)31(2)3)32-18-17-20-9-5-7-11-24(20)32/h5-16,25H,4,17-19H2,1-3H3,(H,29,33)(H,30,34)/t25-/m1/s1. The summed E-state index contributed by atoms with van der Waals surface area (Å²) in [6, 6.07) is 23.6. The fourth-order valence-corrected chi connectivity index (χ4v) is 4.39. The number of hydrogen-bond donors (Lipinski definition) is 2. The van der Waals surface area contributed by atoms with E-state index in [2.05, 4.69) is 62.9 Å². The molecule has 0 unspecified atom stereocenters. The smallest absolute Gasteiger partial charge is 0.313 e. The van der Waals surface area contributed by atoms with Crippen molar-refractivity contribution in [2.45, 2.75) is 19.4 Å². The van der Waals surface area contributed by atoms with Crippen LogP contribution in [0.1, 0.15) is 24.1 Å². The highest BCUT2D eigenvalue weighted by Crippen LogP contribution is 2.35. The van der Waals surface area contributed by atoms with Gasteiger partial charge in [0.05, 0.1) is 18.3 Å². The Hall–Kier alpha value is -4.00. The van der Waals surface area contributed by atoms with Crippen LogP contribution in [0.3, 0.4) is 0 Å². The third-order valence-electron chi connectivity index (χ3n) is 6.19. The van der Waals surface area contributed by atoms with Gasteiger partial charge in [0, 0.05) is 38.6 Å². The number of hydrogen-bond acceptors (Lipinski definition) is 5. The summed E-state index contributed by atoms with van der Waals surface area (Å²) in [5.74, 6) is -0.872. The average Bonchev–Trinajstić information content (AvgIpc) is 3.29. The van der Waals surface area contributed by atoms with Crippen molar-refractivity contribution in [3.8, 4) is 5.75 Å². The van der Waals surface area contributed by atoms with E-state index in [1.165, 1.54) is 11.3 Å². The maximum absolute atomic E-state index is 12.8. The van der Waals surface area contributed by atoms with E-state index in [0.29, 0.717) is 24.6 Å². The van der Waals surface area contributed by atoms with Gasteiger partial charge in [0.2, 0.25) is 0 Å². The lowest BCUT2D eigenvalue weighted by Crippen LogP contribution is -2.41. The minimum Gasteiger partial charge on any atom is -0.492 e. The van der Waals surface area contributed by atoms with Crippen LogP contribution in [0.5, 0.6) is 5.75 Å². The van der Waals surface area contributed by atoms with E-state index in [9.17, 15) is 9.59 Å². The van der Waals surface area contributed by atoms with Crippen molar-refractivity contribution in [2.24, 2.45) is 0 Å². The molecule has 0 aromatic heterocycles. The van der Waals surface area contributed by atoms with Crippen molar-refractivity contribution in [2.75, 3.05) is 48.9 Å². The molecule has 7 nitrogen and oxygen atoms in total. The molecule has 2 N–H and O–H groups in total. The second kappa shape index (κ2) is 11.0. The molecule has 1 atom stereocenters. The maximum atomic E-state index is 12.8. The molecule has 0 saturated carbocycles. The van der Waals surface area contributed by atoms with Crippen LogP contribution in [0.4, 0.5) is 17.1 Å².